The third-order valence-corrected chi connectivity index (χ3v) is 5.62. The van der Waals surface area contributed by atoms with Gasteiger partial charge in [-0.1, -0.05) is 36.4 Å². The van der Waals surface area contributed by atoms with Gasteiger partial charge in [-0.15, -0.1) is 0 Å². The number of rotatable bonds is 5. The second-order valence-corrected chi connectivity index (χ2v) is 7.45. The van der Waals surface area contributed by atoms with Gasteiger partial charge >= 0.3 is 0 Å². The second kappa shape index (κ2) is 7.12. The van der Waals surface area contributed by atoms with Crippen LogP contribution >= 0.6 is 0 Å². The highest BCUT2D eigenvalue weighted by Crippen LogP contribution is 2.45. The molecular weight excluding hydrogens is 326 g/mol. The van der Waals surface area contributed by atoms with Gasteiger partial charge in [0.25, 0.3) is 5.91 Å². The summed E-state index contributed by atoms with van der Waals surface area (Å²) < 4.78 is 5.84. The molecule has 4 heteroatoms. The Kier molecular flexibility index (Phi) is 4.68. The lowest BCUT2D eigenvalue weighted by Crippen LogP contribution is -2.44. The molecule has 2 aliphatic rings. The SMILES string of the molecule is O=C(c1ccccc1COc1ccccc1)N1CCCC(C2(O)CC2)C1. The van der Waals surface area contributed by atoms with Gasteiger partial charge in [-0.05, 0) is 43.9 Å². The Morgan fingerprint density at radius 2 is 1.85 bits per heavy atom. The van der Waals surface area contributed by atoms with E-state index in [1.807, 2.05) is 59.5 Å². The lowest BCUT2D eigenvalue weighted by molar-refractivity contribution is 0.0281. The number of carbonyl (C=O) groups excluding carboxylic acids is 1. The van der Waals surface area contributed by atoms with Crippen LogP contribution in [0.3, 0.4) is 0 Å². The molecule has 1 aliphatic heterocycles. The summed E-state index contributed by atoms with van der Waals surface area (Å²) in [5.74, 6) is 1.06. The molecule has 1 amide bonds. The number of amides is 1. The van der Waals surface area contributed by atoms with Crippen molar-refractivity contribution in [3.8, 4) is 5.75 Å². The standard InChI is InChI=1S/C22H25NO3/c24-21(23-14-6-8-18(15-23)22(25)12-13-22)20-11-5-4-7-17(20)16-26-19-9-2-1-3-10-19/h1-5,7,9-11,18,25H,6,8,12-16H2. The highest BCUT2D eigenvalue weighted by Gasteiger charge is 2.49. The van der Waals surface area contributed by atoms with Crippen molar-refractivity contribution in [3.05, 3.63) is 65.7 Å². The van der Waals surface area contributed by atoms with E-state index < -0.39 is 5.60 Å². The molecule has 26 heavy (non-hydrogen) atoms. The average Bonchev–Trinajstić information content (AvgIpc) is 3.46. The molecule has 4 nitrogen and oxygen atoms in total. The van der Waals surface area contributed by atoms with Crippen LogP contribution in [-0.4, -0.2) is 34.6 Å². The van der Waals surface area contributed by atoms with Gasteiger partial charge in [0.05, 0.1) is 5.60 Å². The summed E-state index contributed by atoms with van der Waals surface area (Å²) in [5, 5.41) is 10.4. The minimum absolute atomic E-state index is 0.0474. The molecule has 2 fully saturated rings. The topological polar surface area (TPSA) is 49.8 Å². The van der Waals surface area contributed by atoms with Gasteiger partial charge in [0.2, 0.25) is 0 Å². The molecule has 1 saturated carbocycles. The van der Waals surface area contributed by atoms with Crippen molar-refractivity contribution in [2.75, 3.05) is 13.1 Å². The third-order valence-electron chi connectivity index (χ3n) is 5.62. The Bertz CT molecular complexity index is 770. The van der Waals surface area contributed by atoms with E-state index in [9.17, 15) is 9.90 Å². The van der Waals surface area contributed by atoms with Gasteiger partial charge < -0.3 is 14.7 Å². The smallest absolute Gasteiger partial charge is 0.254 e. The van der Waals surface area contributed by atoms with Crippen molar-refractivity contribution < 1.29 is 14.6 Å². The van der Waals surface area contributed by atoms with Crippen LogP contribution in [0.4, 0.5) is 0 Å². The molecular formula is C22H25NO3. The van der Waals surface area contributed by atoms with Crippen LogP contribution in [0, 0.1) is 5.92 Å². The van der Waals surface area contributed by atoms with Crippen LogP contribution in [0.25, 0.3) is 0 Å². The molecule has 1 unspecified atom stereocenters. The van der Waals surface area contributed by atoms with E-state index in [4.69, 9.17) is 4.74 Å². The summed E-state index contributed by atoms with van der Waals surface area (Å²) in [6.45, 7) is 1.79. The number of piperidine rings is 1. The summed E-state index contributed by atoms with van der Waals surface area (Å²) in [5.41, 5.74) is 1.08. The Labute approximate surface area is 154 Å². The number of carbonyl (C=O) groups is 1. The second-order valence-electron chi connectivity index (χ2n) is 7.45. The Hall–Kier alpha value is -2.33. The van der Waals surface area contributed by atoms with Gasteiger partial charge in [0.1, 0.15) is 12.4 Å². The molecule has 1 atom stereocenters. The van der Waals surface area contributed by atoms with Crippen molar-refractivity contribution in [3.63, 3.8) is 0 Å². The number of hydrogen-bond acceptors (Lipinski definition) is 3. The summed E-state index contributed by atoms with van der Waals surface area (Å²) in [6, 6.07) is 17.3. The van der Waals surface area contributed by atoms with Gasteiger partial charge in [0.15, 0.2) is 0 Å². The van der Waals surface area contributed by atoms with Crippen molar-refractivity contribution in [1.29, 1.82) is 0 Å². The van der Waals surface area contributed by atoms with E-state index in [2.05, 4.69) is 0 Å². The maximum atomic E-state index is 13.1. The fourth-order valence-corrected chi connectivity index (χ4v) is 3.84. The number of likely N-dealkylation sites (tertiary alicyclic amines) is 1. The zero-order chi connectivity index (χ0) is 18.0. The van der Waals surface area contributed by atoms with E-state index in [1.165, 1.54) is 0 Å². The van der Waals surface area contributed by atoms with Gasteiger partial charge in [-0.3, -0.25) is 4.79 Å². The van der Waals surface area contributed by atoms with Crippen LogP contribution in [0.1, 0.15) is 41.6 Å². The number of ether oxygens (including phenoxy) is 1. The van der Waals surface area contributed by atoms with Crippen LogP contribution < -0.4 is 4.74 Å². The number of para-hydroxylation sites is 1. The summed E-state index contributed by atoms with van der Waals surface area (Å²) in [7, 11) is 0. The minimum Gasteiger partial charge on any atom is -0.489 e. The number of aliphatic hydroxyl groups is 1. The predicted octanol–water partition coefficient (Wildman–Crippen LogP) is 3.64. The number of benzene rings is 2. The number of hydrogen-bond donors (Lipinski definition) is 1. The van der Waals surface area contributed by atoms with Crippen LogP contribution in [-0.2, 0) is 6.61 Å². The molecule has 1 saturated heterocycles. The number of nitrogens with zero attached hydrogens (tertiary/aromatic N) is 1. The van der Waals surface area contributed by atoms with Crippen molar-refractivity contribution >= 4 is 5.91 Å². The van der Waals surface area contributed by atoms with Gasteiger partial charge in [0, 0.05) is 30.1 Å². The Morgan fingerprint density at radius 1 is 1.12 bits per heavy atom. The largest absolute Gasteiger partial charge is 0.489 e. The fourth-order valence-electron chi connectivity index (χ4n) is 3.84. The first kappa shape index (κ1) is 17.1. The van der Waals surface area contributed by atoms with Crippen LogP contribution in [0.5, 0.6) is 5.75 Å². The molecule has 1 aliphatic carbocycles. The monoisotopic (exact) mass is 351 g/mol. The highest BCUT2D eigenvalue weighted by atomic mass is 16.5. The first-order chi connectivity index (χ1) is 12.7. The molecule has 0 spiro atoms. The quantitative estimate of drug-likeness (QED) is 0.895. The third kappa shape index (κ3) is 3.61. The molecule has 0 radical (unpaired) electrons. The van der Waals surface area contributed by atoms with Crippen molar-refractivity contribution in [2.45, 2.75) is 37.9 Å². The molecule has 2 aromatic carbocycles. The van der Waals surface area contributed by atoms with Gasteiger partial charge in [-0.2, -0.15) is 0 Å². The maximum Gasteiger partial charge on any atom is 0.254 e. The molecule has 0 aromatic heterocycles. The van der Waals surface area contributed by atoms with E-state index in [-0.39, 0.29) is 11.8 Å². The zero-order valence-electron chi connectivity index (χ0n) is 14.9. The lowest BCUT2D eigenvalue weighted by Gasteiger charge is -2.35. The summed E-state index contributed by atoms with van der Waals surface area (Å²) in [6.07, 6.45) is 3.73. The average molecular weight is 351 g/mol. The van der Waals surface area contributed by atoms with Gasteiger partial charge in [-0.25, -0.2) is 0 Å². The van der Waals surface area contributed by atoms with E-state index >= 15 is 0 Å². The molecule has 136 valence electrons. The summed E-state index contributed by atoms with van der Waals surface area (Å²) >= 11 is 0. The summed E-state index contributed by atoms with van der Waals surface area (Å²) in [4.78, 5) is 15.0. The van der Waals surface area contributed by atoms with Crippen LogP contribution in [0.15, 0.2) is 54.6 Å². The molecule has 2 aromatic rings. The lowest BCUT2D eigenvalue weighted by atomic mass is 9.90. The first-order valence-electron chi connectivity index (χ1n) is 9.43. The predicted molar refractivity (Wildman–Crippen MR) is 100 cm³/mol. The van der Waals surface area contributed by atoms with E-state index in [0.29, 0.717) is 18.7 Å². The minimum atomic E-state index is -0.519. The van der Waals surface area contributed by atoms with Crippen LogP contribution in [0.2, 0.25) is 0 Å². The van der Waals surface area contributed by atoms with E-state index in [1.54, 1.807) is 0 Å². The van der Waals surface area contributed by atoms with E-state index in [0.717, 1.165) is 43.5 Å². The maximum absolute atomic E-state index is 13.1. The zero-order valence-corrected chi connectivity index (χ0v) is 14.9. The Balaban J connectivity index is 1.47. The molecule has 1 heterocycles. The first-order valence-corrected chi connectivity index (χ1v) is 9.43. The molecule has 1 N–H and O–H groups in total. The Morgan fingerprint density at radius 3 is 2.62 bits per heavy atom. The molecule has 0 bridgehead atoms. The van der Waals surface area contributed by atoms with Crippen molar-refractivity contribution in [1.82, 2.24) is 4.90 Å². The van der Waals surface area contributed by atoms with Crippen molar-refractivity contribution in [2.24, 2.45) is 5.92 Å². The molecule has 4 rings (SSSR count). The normalized spacial score (nSPS) is 21.3. The highest BCUT2D eigenvalue weighted by molar-refractivity contribution is 5.95. The fraction of sp³-hybridized carbons (Fsp3) is 0.409.